The van der Waals surface area contributed by atoms with Gasteiger partial charge in [-0.25, -0.2) is 0 Å². The molecule has 0 aromatic carbocycles. The highest BCUT2D eigenvalue weighted by atomic mass is 32.1. The third kappa shape index (κ3) is 3.96. The van der Waals surface area contributed by atoms with Gasteiger partial charge in [0.15, 0.2) is 0 Å². The van der Waals surface area contributed by atoms with Gasteiger partial charge in [-0.1, -0.05) is 0 Å². The molecule has 0 aliphatic heterocycles. The number of carbonyl (C=O) groups excluding carboxylic acids is 1. The van der Waals surface area contributed by atoms with Gasteiger partial charge in [-0.2, -0.15) is 0 Å². The molecule has 1 aliphatic rings. The third-order valence-corrected chi connectivity index (χ3v) is 4.20. The summed E-state index contributed by atoms with van der Waals surface area (Å²) in [6, 6.07) is 4.05. The van der Waals surface area contributed by atoms with Crippen LogP contribution in [0.3, 0.4) is 0 Å². The molecule has 1 amide bonds. The van der Waals surface area contributed by atoms with Crippen LogP contribution in [-0.2, 0) is 4.79 Å². The van der Waals surface area contributed by atoms with Crippen LogP contribution in [0.2, 0.25) is 0 Å². The minimum atomic E-state index is -0.170. The van der Waals surface area contributed by atoms with Crippen LogP contribution < -0.4 is 5.32 Å². The standard InChI is InChI=1S/C14H19NO2S/c1-10-2-5-13(18-10)6-7-14(17)15-9-11-3-4-12(16)8-11/h2,5-7,11-12,16H,3-4,8-9H2,1H3,(H,15,17)/b7-6+. The molecule has 0 saturated heterocycles. The van der Waals surface area contributed by atoms with Crippen LogP contribution in [0, 0.1) is 12.8 Å². The van der Waals surface area contributed by atoms with E-state index in [9.17, 15) is 9.90 Å². The molecule has 1 aromatic rings. The van der Waals surface area contributed by atoms with Gasteiger partial charge in [0, 0.05) is 22.4 Å². The topological polar surface area (TPSA) is 49.3 Å². The molecule has 3 nitrogen and oxygen atoms in total. The molecule has 1 aromatic heterocycles. The summed E-state index contributed by atoms with van der Waals surface area (Å²) in [6.07, 6.45) is 5.94. The SMILES string of the molecule is Cc1ccc(/C=C/C(=O)NCC2CCC(O)C2)s1. The summed E-state index contributed by atoms with van der Waals surface area (Å²) in [5, 5.41) is 12.3. The molecule has 1 heterocycles. The summed E-state index contributed by atoms with van der Waals surface area (Å²) in [5.74, 6) is 0.378. The van der Waals surface area contributed by atoms with Crippen LogP contribution in [0.5, 0.6) is 0 Å². The maximum absolute atomic E-state index is 11.6. The second-order valence-electron chi connectivity index (χ2n) is 4.86. The lowest BCUT2D eigenvalue weighted by molar-refractivity contribution is -0.116. The molecule has 2 atom stereocenters. The van der Waals surface area contributed by atoms with Gasteiger partial charge in [-0.3, -0.25) is 4.79 Å². The number of nitrogens with one attached hydrogen (secondary N) is 1. The molecule has 98 valence electrons. The van der Waals surface area contributed by atoms with Crippen molar-refractivity contribution in [1.29, 1.82) is 0 Å². The first-order chi connectivity index (χ1) is 8.63. The van der Waals surface area contributed by atoms with E-state index < -0.39 is 0 Å². The van der Waals surface area contributed by atoms with E-state index in [0.29, 0.717) is 12.5 Å². The minimum absolute atomic E-state index is 0.0533. The predicted molar refractivity (Wildman–Crippen MR) is 74.4 cm³/mol. The van der Waals surface area contributed by atoms with Crippen molar-refractivity contribution in [2.75, 3.05) is 6.54 Å². The molecular formula is C14H19NO2S. The second kappa shape index (κ2) is 6.16. The molecule has 1 saturated carbocycles. The zero-order chi connectivity index (χ0) is 13.0. The first kappa shape index (κ1) is 13.3. The van der Waals surface area contributed by atoms with E-state index in [1.807, 2.05) is 25.1 Å². The van der Waals surface area contributed by atoms with Gasteiger partial charge in [0.05, 0.1) is 6.10 Å². The van der Waals surface area contributed by atoms with Gasteiger partial charge in [0.25, 0.3) is 0 Å². The lowest BCUT2D eigenvalue weighted by Crippen LogP contribution is -2.26. The van der Waals surface area contributed by atoms with Crippen LogP contribution in [0.4, 0.5) is 0 Å². The van der Waals surface area contributed by atoms with Gasteiger partial charge in [0.1, 0.15) is 0 Å². The molecule has 1 aliphatic carbocycles. The van der Waals surface area contributed by atoms with E-state index in [4.69, 9.17) is 0 Å². The molecule has 0 bridgehead atoms. The predicted octanol–water partition coefficient (Wildman–Crippen LogP) is 2.35. The summed E-state index contributed by atoms with van der Waals surface area (Å²) in [6.45, 7) is 2.72. The first-order valence-corrected chi connectivity index (χ1v) is 7.15. The van der Waals surface area contributed by atoms with Gasteiger partial charge in [-0.05, 0) is 50.3 Å². The van der Waals surface area contributed by atoms with E-state index in [1.54, 1.807) is 17.4 Å². The minimum Gasteiger partial charge on any atom is -0.393 e. The van der Waals surface area contributed by atoms with Crippen molar-refractivity contribution in [2.24, 2.45) is 5.92 Å². The fourth-order valence-electron chi connectivity index (χ4n) is 2.24. The molecule has 2 rings (SSSR count). The lowest BCUT2D eigenvalue weighted by Gasteiger charge is -2.08. The number of carbonyl (C=O) groups is 1. The number of hydrogen-bond donors (Lipinski definition) is 2. The van der Waals surface area contributed by atoms with Crippen molar-refractivity contribution in [1.82, 2.24) is 5.32 Å². The van der Waals surface area contributed by atoms with Crippen LogP contribution >= 0.6 is 11.3 Å². The number of aliphatic hydroxyl groups is 1. The number of rotatable bonds is 4. The number of aliphatic hydroxyl groups excluding tert-OH is 1. The highest BCUT2D eigenvalue weighted by molar-refractivity contribution is 7.12. The lowest BCUT2D eigenvalue weighted by atomic mass is 10.1. The molecule has 1 fully saturated rings. The fraction of sp³-hybridized carbons (Fsp3) is 0.500. The van der Waals surface area contributed by atoms with E-state index in [0.717, 1.165) is 24.1 Å². The molecule has 2 unspecified atom stereocenters. The second-order valence-corrected chi connectivity index (χ2v) is 6.18. The number of amides is 1. The van der Waals surface area contributed by atoms with Crippen molar-refractivity contribution < 1.29 is 9.90 Å². The average Bonchev–Trinajstić information content (AvgIpc) is 2.93. The Labute approximate surface area is 112 Å². The summed E-state index contributed by atoms with van der Waals surface area (Å²) in [5.41, 5.74) is 0. The maximum atomic E-state index is 11.6. The Morgan fingerprint density at radius 2 is 2.39 bits per heavy atom. The van der Waals surface area contributed by atoms with Gasteiger partial charge in [-0.15, -0.1) is 11.3 Å². The Balaban J connectivity index is 1.73. The largest absolute Gasteiger partial charge is 0.393 e. The summed E-state index contributed by atoms with van der Waals surface area (Å²) >= 11 is 1.67. The monoisotopic (exact) mass is 265 g/mol. The number of thiophene rings is 1. The zero-order valence-electron chi connectivity index (χ0n) is 10.6. The Morgan fingerprint density at radius 1 is 1.56 bits per heavy atom. The van der Waals surface area contributed by atoms with Crippen molar-refractivity contribution in [3.63, 3.8) is 0 Å². The Hall–Kier alpha value is -1.13. The van der Waals surface area contributed by atoms with Crippen molar-refractivity contribution in [2.45, 2.75) is 32.3 Å². The van der Waals surface area contributed by atoms with Gasteiger partial charge >= 0.3 is 0 Å². The normalized spacial score (nSPS) is 23.7. The van der Waals surface area contributed by atoms with Crippen LogP contribution in [0.15, 0.2) is 18.2 Å². The molecule has 0 radical (unpaired) electrons. The molecule has 18 heavy (non-hydrogen) atoms. The Bertz CT molecular complexity index is 439. The van der Waals surface area contributed by atoms with Crippen molar-refractivity contribution in [3.05, 3.63) is 28.0 Å². The van der Waals surface area contributed by atoms with E-state index >= 15 is 0 Å². The zero-order valence-corrected chi connectivity index (χ0v) is 11.4. The summed E-state index contributed by atoms with van der Waals surface area (Å²) in [7, 11) is 0. The highest BCUT2D eigenvalue weighted by Crippen LogP contribution is 2.24. The smallest absolute Gasteiger partial charge is 0.244 e. The van der Waals surface area contributed by atoms with Gasteiger partial charge < -0.3 is 10.4 Å². The number of hydrogen-bond acceptors (Lipinski definition) is 3. The molecule has 0 spiro atoms. The number of aryl methyl sites for hydroxylation is 1. The fourth-order valence-corrected chi connectivity index (χ4v) is 3.02. The van der Waals surface area contributed by atoms with E-state index in [2.05, 4.69) is 5.32 Å². The quantitative estimate of drug-likeness (QED) is 0.821. The van der Waals surface area contributed by atoms with Crippen LogP contribution in [-0.4, -0.2) is 23.7 Å². The maximum Gasteiger partial charge on any atom is 0.244 e. The van der Waals surface area contributed by atoms with Crippen LogP contribution in [0.1, 0.15) is 29.0 Å². The Kier molecular flexibility index (Phi) is 4.55. The molecular weight excluding hydrogens is 246 g/mol. The summed E-state index contributed by atoms with van der Waals surface area (Å²) in [4.78, 5) is 13.9. The Morgan fingerprint density at radius 3 is 3.00 bits per heavy atom. The molecule has 4 heteroatoms. The van der Waals surface area contributed by atoms with Crippen molar-refractivity contribution in [3.8, 4) is 0 Å². The van der Waals surface area contributed by atoms with Crippen LogP contribution in [0.25, 0.3) is 6.08 Å². The van der Waals surface area contributed by atoms with Gasteiger partial charge in [0.2, 0.25) is 5.91 Å². The highest BCUT2D eigenvalue weighted by Gasteiger charge is 2.22. The third-order valence-electron chi connectivity index (χ3n) is 3.24. The average molecular weight is 265 g/mol. The molecule has 2 N–H and O–H groups in total. The van der Waals surface area contributed by atoms with Crippen molar-refractivity contribution >= 4 is 23.3 Å². The van der Waals surface area contributed by atoms with E-state index in [-0.39, 0.29) is 12.0 Å². The first-order valence-electron chi connectivity index (χ1n) is 6.34. The summed E-state index contributed by atoms with van der Waals surface area (Å²) < 4.78 is 0. The van der Waals surface area contributed by atoms with E-state index in [1.165, 1.54) is 4.88 Å².